The molecule has 0 unspecified atom stereocenters. The molecule has 0 spiro atoms. The van der Waals surface area contributed by atoms with Gasteiger partial charge in [0.1, 0.15) is 17.6 Å². The topological polar surface area (TPSA) is 97.4 Å². The molecule has 1 saturated carbocycles. The number of unbranched alkanes of at least 4 members (excludes halogenated alkanes) is 4. The van der Waals surface area contributed by atoms with Crippen LogP contribution >= 0.6 is 0 Å². The zero-order valence-electron chi connectivity index (χ0n) is 30.2. The molecule has 276 valence electrons. The summed E-state index contributed by atoms with van der Waals surface area (Å²) in [5, 5.41) is 0. The minimum Gasteiger partial charge on any atom is -0.494 e. The molecule has 0 N–H and O–H groups in total. The summed E-state index contributed by atoms with van der Waals surface area (Å²) in [7, 11) is 0. The molecule has 1 aliphatic rings. The van der Waals surface area contributed by atoms with Gasteiger partial charge in [0.05, 0.1) is 32.8 Å². The van der Waals surface area contributed by atoms with Crippen molar-refractivity contribution in [3.05, 3.63) is 109 Å². The summed E-state index contributed by atoms with van der Waals surface area (Å²) in [5.41, 5.74) is 4.56. The minimum atomic E-state index is -0.555. The molecule has 1 fully saturated rings. The normalized spacial score (nSPS) is 12.9. The first-order chi connectivity index (χ1) is 25.4. The fourth-order valence-electron chi connectivity index (χ4n) is 5.70. The predicted octanol–water partition coefficient (Wildman–Crippen LogP) is 9.72. The van der Waals surface area contributed by atoms with Crippen molar-refractivity contribution >= 4 is 30.1 Å². The van der Waals surface area contributed by atoms with Crippen molar-refractivity contribution in [2.45, 2.75) is 83.2 Å². The highest BCUT2D eigenvalue weighted by molar-refractivity contribution is 5.93. The van der Waals surface area contributed by atoms with Crippen LogP contribution in [0.5, 0.6) is 11.5 Å². The minimum absolute atomic E-state index is 0.0385. The third-order valence-electron chi connectivity index (χ3n) is 8.70. The third kappa shape index (κ3) is 15.0. The molecule has 1 aliphatic carbocycles. The van der Waals surface area contributed by atoms with Crippen LogP contribution in [0.1, 0.15) is 88.2 Å². The number of carbonyl (C=O) groups excluding carboxylic acids is 3. The van der Waals surface area contributed by atoms with Crippen molar-refractivity contribution in [3.8, 4) is 22.6 Å². The second kappa shape index (κ2) is 22.7. The van der Waals surface area contributed by atoms with E-state index in [1.165, 1.54) is 12.5 Å². The number of hydrogen-bond acceptors (Lipinski definition) is 8. The Bertz CT molecular complexity index is 1580. The lowest BCUT2D eigenvalue weighted by atomic mass is 9.98. The first kappa shape index (κ1) is 39.7. The van der Waals surface area contributed by atoms with Crippen LogP contribution in [0.3, 0.4) is 0 Å². The molecule has 8 nitrogen and oxygen atoms in total. The van der Waals surface area contributed by atoms with Gasteiger partial charge in [0, 0.05) is 11.6 Å². The SMILES string of the molecule is C=CC(=O)OCCCCCCOc1ccc(-c2ccc(/C=C/c3ccc(OCCCCOC(=O)C(=C)CC(=O)OC4CCCCC4)cc3)cc2)cc1. The average Bonchev–Trinajstić information content (AvgIpc) is 3.17. The lowest BCUT2D eigenvalue weighted by Crippen LogP contribution is -2.22. The van der Waals surface area contributed by atoms with Crippen molar-refractivity contribution < 1.29 is 38.1 Å². The number of hydrogen-bond donors (Lipinski definition) is 0. The molecule has 0 heterocycles. The van der Waals surface area contributed by atoms with Crippen molar-refractivity contribution in [2.75, 3.05) is 26.4 Å². The third-order valence-corrected chi connectivity index (χ3v) is 8.70. The van der Waals surface area contributed by atoms with Crippen LogP contribution in [-0.4, -0.2) is 50.4 Å². The fourth-order valence-corrected chi connectivity index (χ4v) is 5.70. The van der Waals surface area contributed by atoms with Crippen LogP contribution in [0.15, 0.2) is 97.6 Å². The van der Waals surface area contributed by atoms with E-state index in [4.69, 9.17) is 23.7 Å². The number of benzene rings is 3. The lowest BCUT2D eigenvalue weighted by Gasteiger charge is -2.21. The average molecular weight is 709 g/mol. The first-order valence-electron chi connectivity index (χ1n) is 18.5. The van der Waals surface area contributed by atoms with Crippen molar-refractivity contribution in [2.24, 2.45) is 0 Å². The maximum absolute atomic E-state index is 12.2. The van der Waals surface area contributed by atoms with Gasteiger partial charge >= 0.3 is 17.9 Å². The van der Waals surface area contributed by atoms with Crippen LogP contribution in [-0.2, 0) is 28.6 Å². The summed E-state index contributed by atoms with van der Waals surface area (Å²) in [6.45, 7) is 8.92. The van der Waals surface area contributed by atoms with E-state index in [2.05, 4.69) is 61.7 Å². The Hall–Kier alpha value is -5.11. The maximum atomic E-state index is 12.2. The summed E-state index contributed by atoms with van der Waals surface area (Å²) < 4.78 is 27.4. The second-order valence-electron chi connectivity index (χ2n) is 12.9. The molecule has 0 aliphatic heterocycles. The van der Waals surface area contributed by atoms with Crippen LogP contribution < -0.4 is 9.47 Å². The van der Waals surface area contributed by atoms with E-state index in [-0.39, 0.29) is 30.7 Å². The highest BCUT2D eigenvalue weighted by Gasteiger charge is 2.20. The van der Waals surface area contributed by atoms with Gasteiger partial charge in [0.2, 0.25) is 0 Å². The molecule has 0 aromatic heterocycles. The Labute approximate surface area is 308 Å². The zero-order chi connectivity index (χ0) is 36.8. The monoisotopic (exact) mass is 708 g/mol. The van der Waals surface area contributed by atoms with Crippen molar-refractivity contribution in [3.63, 3.8) is 0 Å². The molecule has 0 atom stereocenters. The quantitative estimate of drug-likeness (QED) is 0.0335. The first-order valence-corrected chi connectivity index (χ1v) is 18.5. The summed E-state index contributed by atoms with van der Waals surface area (Å²) in [6, 6.07) is 24.5. The number of ether oxygens (including phenoxy) is 5. The molecule has 52 heavy (non-hydrogen) atoms. The molecule has 8 heteroatoms. The van der Waals surface area contributed by atoms with Gasteiger partial charge < -0.3 is 23.7 Å². The lowest BCUT2D eigenvalue weighted by molar-refractivity contribution is -0.151. The van der Waals surface area contributed by atoms with E-state index in [1.807, 2.05) is 36.4 Å². The Morgan fingerprint density at radius 3 is 1.69 bits per heavy atom. The molecule has 3 aromatic rings. The van der Waals surface area contributed by atoms with Gasteiger partial charge in [-0.05, 0) is 111 Å². The van der Waals surface area contributed by atoms with Gasteiger partial charge in [0.15, 0.2) is 0 Å². The molecular formula is C44H52O8. The Balaban J connectivity index is 1.07. The van der Waals surface area contributed by atoms with E-state index in [0.717, 1.165) is 91.5 Å². The van der Waals surface area contributed by atoms with E-state index in [1.54, 1.807) is 0 Å². The molecule has 0 radical (unpaired) electrons. The largest absolute Gasteiger partial charge is 0.494 e. The molecular weight excluding hydrogens is 656 g/mol. The van der Waals surface area contributed by atoms with Gasteiger partial charge in [-0.3, -0.25) is 4.79 Å². The van der Waals surface area contributed by atoms with Crippen LogP contribution in [0.4, 0.5) is 0 Å². The Kier molecular flexibility index (Phi) is 17.3. The van der Waals surface area contributed by atoms with Gasteiger partial charge in [-0.1, -0.05) is 80.3 Å². The van der Waals surface area contributed by atoms with E-state index in [9.17, 15) is 14.4 Å². The highest BCUT2D eigenvalue weighted by atomic mass is 16.5. The summed E-state index contributed by atoms with van der Waals surface area (Å²) in [4.78, 5) is 35.3. The van der Waals surface area contributed by atoms with Gasteiger partial charge in [0.25, 0.3) is 0 Å². The van der Waals surface area contributed by atoms with E-state index < -0.39 is 11.9 Å². The summed E-state index contributed by atoms with van der Waals surface area (Å²) in [6.07, 6.45) is 15.5. The molecule has 0 bridgehead atoms. The van der Waals surface area contributed by atoms with Gasteiger partial charge in [-0.2, -0.15) is 0 Å². The van der Waals surface area contributed by atoms with Crippen molar-refractivity contribution in [1.82, 2.24) is 0 Å². The second-order valence-corrected chi connectivity index (χ2v) is 12.9. The van der Waals surface area contributed by atoms with Gasteiger partial charge in [-0.15, -0.1) is 0 Å². The highest BCUT2D eigenvalue weighted by Crippen LogP contribution is 2.24. The zero-order valence-corrected chi connectivity index (χ0v) is 30.2. The van der Waals surface area contributed by atoms with Crippen LogP contribution in [0, 0.1) is 0 Å². The summed E-state index contributed by atoms with van der Waals surface area (Å²) in [5.74, 6) is 0.296. The molecule has 3 aromatic carbocycles. The predicted molar refractivity (Wildman–Crippen MR) is 205 cm³/mol. The fraction of sp³-hybridized carbons (Fsp3) is 0.386. The smallest absolute Gasteiger partial charge is 0.333 e. The maximum Gasteiger partial charge on any atom is 0.333 e. The van der Waals surface area contributed by atoms with E-state index in [0.29, 0.717) is 26.2 Å². The number of esters is 3. The Morgan fingerprint density at radius 2 is 1.10 bits per heavy atom. The van der Waals surface area contributed by atoms with Crippen LogP contribution in [0.2, 0.25) is 0 Å². The summed E-state index contributed by atoms with van der Waals surface area (Å²) >= 11 is 0. The Morgan fingerprint density at radius 1 is 0.615 bits per heavy atom. The molecule has 0 amide bonds. The van der Waals surface area contributed by atoms with E-state index >= 15 is 0 Å². The number of rotatable bonds is 22. The standard InChI is InChI=1S/C44H52O8/c1-3-42(45)50-31-10-5-4-9-29-48-40-27-23-38(24-28-40)37-21-17-35(18-22-37)15-16-36-19-25-39(26-20-36)49-30-11-12-32-51-44(47)34(2)33-43(46)52-41-13-7-6-8-14-41/h3,15-28,41H,1-2,4-14,29-33H2/b16-15+. The molecule has 4 rings (SSSR count). The molecule has 0 saturated heterocycles. The van der Waals surface area contributed by atoms with Gasteiger partial charge in [-0.25, -0.2) is 9.59 Å². The van der Waals surface area contributed by atoms with Crippen LogP contribution in [0.25, 0.3) is 23.3 Å². The number of carbonyl (C=O) groups is 3. The van der Waals surface area contributed by atoms with Crippen molar-refractivity contribution in [1.29, 1.82) is 0 Å².